The second kappa shape index (κ2) is 22.9. The first-order chi connectivity index (χ1) is 34.1. The summed E-state index contributed by atoms with van der Waals surface area (Å²) in [7, 11) is 2.46. The molecule has 0 spiro atoms. The lowest BCUT2D eigenvalue weighted by Crippen LogP contribution is -2.71. The molecule has 2 fully saturated rings. The van der Waals surface area contributed by atoms with E-state index in [1.807, 2.05) is 0 Å². The van der Waals surface area contributed by atoms with E-state index in [4.69, 9.17) is 47.4 Å². The number of carbonyl (C=O) groups is 6. The maximum Gasteiger partial charge on any atom is 0.338 e. The highest BCUT2D eigenvalue weighted by atomic mass is 16.8. The van der Waals surface area contributed by atoms with E-state index in [1.54, 1.807) is 109 Å². The van der Waals surface area contributed by atoms with Crippen LogP contribution in [0.4, 0.5) is 0 Å². The quantitative estimate of drug-likeness (QED) is 0.0748. The van der Waals surface area contributed by atoms with Crippen molar-refractivity contribution in [2.24, 2.45) is 0 Å². The third-order valence-electron chi connectivity index (χ3n) is 11.4. The van der Waals surface area contributed by atoms with Gasteiger partial charge in [0.05, 0.1) is 33.4 Å². The Morgan fingerprint density at radius 2 is 0.471 bits per heavy atom. The van der Waals surface area contributed by atoms with E-state index in [2.05, 4.69) is 0 Å². The highest BCUT2D eigenvalue weighted by molar-refractivity contribution is 5.93. The van der Waals surface area contributed by atoms with E-state index in [-0.39, 0.29) is 33.4 Å². The van der Waals surface area contributed by atoms with Crippen LogP contribution in [-0.4, -0.2) is 111 Å². The predicted molar refractivity (Wildman–Crippen MR) is 245 cm³/mol. The van der Waals surface area contributed by atoms with E-state index in [0.717, 1.165) is 0 Å². The van der Waals surface area contributed by atoms with Gasteiger partial charge in [-0.05, 0) is 72.8 Å². The van der Waals surface area contributed by atoms with Gasteiger partial charge in [-0.15, -0.1) is 0 Å². The summed E-state index contributed by atoms with van der Waals surface area (Å²) in [6, 6.07) is 47.2. The second-order valence-electron chi connectivity index (χ2n) is 15.8. The fraction of sp³-hybridized carbons (Fsp3) is 0.222. The van der Waals surface area contributed by atoms with Crippen LogP contribution in [0.1, 0.15) is 62.1 Å². The SMILES string of the molecule is CO[C@@H]1O[C@H]([C@@H]2O[C@@H](OC)[C@@H](OC(=O)c3ccccc3)[C@@H](OC(=O)c3ccccc3)[C@@H]2OC(=O)c2ccccc2)[C@@H](OC(=O)c2ccccc2)[C@H](OC(=O)c2ccccc2)[C@@H]1OC(=O)c1ccccc1. The third-order valence-corrected chi connectivity index (χ3v) is 11.4. The van der Waals surface area contributed by atoms with Crippen LogP contribution >= 0.6 is 0 Å². The van der Waals surface area contributed by atoms with E-state index in [1.165, 1.54) is 87.0 Å². The summed E-state index contributed by atoms with van der Waals surface area (Å²) in [6.07, 6.45) is -17.4. The van der Waals surface area contributed by atoms with E-state index < -0.39 is 97.2 Å². The number of rotatable bonds is 15. The van der Waals surface area contributed by atoms with E-state index >= 15 is 0 Å². The first-order valence-corrected chi connectivity index (χ1v) is 22.1. The number of methoxy groups -OCH3 is 2. The highest BCUT2D eigenvalue weighted by Gasteiger charge is 2.62. The van der Waals surface area contributed by atoms with Crippen LogP contribution < -0.4 is 0 Å². The minimum absolute atomic E-state index is 0.0509. The molecule has 2 aliphatic rings. The summed E-state index contributed by atoms with van der Waals surface area (Å²) in [6.45, 7) is 0. The van der Waals surface area contributed by atoms with Gasteiger partial charge in [0.1, 0.15) is 12.2 Å². The second-order valence-corrected chi connectivity index (χ2v) is 15.8. The minimum atomic E-state index is -1.84. The Morgan fingerprint density at radius 1 is 0.286 bits per heavy atom. The molecular formula is C54H46O16. The molecule has 2 aliphatic heterocycles. The molecule has 16 nitrogen and oxygen atoms in total. The molecule has 0 amide bonds. The molecule has 0 N–H and O–H groups in total. The fourth-order valence-corrected chi connectivity index (χ4v) is 7.96. The first kappa shape index (κ1) is 48.4. The topological polar surface area (TPSA) is 195 Å². The van der Waals surface area contributed by atoms with Gasteiger partial charge in [0, 0.05) is 14.2 Å². The first-order valence-electron chi connectivity index (χ1n) is 22.1. The number of hydrogen-bond acceptors (Lipinski definition) is 16. The standard InChI is InChI=1S/C54H46O16/c1-61-53-45(67-51(59)37-29-17-7-18-30-37)43(65-49(57)35-25-13-5-14-26-35)39(63-47(55)33-21-9-3-10-22-33)41(69-53)42-40(64-48(56)34-23-11-4-12-24-34)44(66-50(58)36-27-15-6-16-28-36)46(54(62-2)70-42)68-52(60)38-31-19-8-20-32-38/h3-32,39-46,53-54H,1-2H3/t39-,40-,41-,42+,43+,44+,45+,46+,53-,54-/m1/s1. The van der Waals surface area contributed by atoms with Crippen molar-refractivity contribution in [1.29, 1.82) is 0 Å². The average Bonchev–Trinajstić information content (AvgIpc) is 3.41. The largest absolute Gasteiger partial charge is 0.452 e. The fourth-order valence-electron chi connectivity index (χ4n) is 7.96. The predicted octanol–water partition coefficient (Wildman–Crippen LogP) is 7.08. The number of esters is 6. The van der Waals surface area contributed by atoms with Crippen LogP contribution in [-0.2, 0) is 47.4 Å². The summed E-state index contributed by atoms with van der Waals surface area (Å²) in [5.74, 6) is -5.55. The highest BCUT2D eigenvalue weighted by Crippen LogP contribution is 2.39. The molecule has 0 aromatic heterocycles. The summed E-state index contributed by atoms with van der Waals surface area (Å²) >= 11 is 0. The maximum absolute atomic E-state index is 14.3. The van der Waals surface area contributed by atoms with Gasteiger partial charge in [0.2, 0.25) is 0 Å². The molecule has 0 bridgehead atoms. The number of hydrogen-bond donors (Lipinski definition) is 0. The number of benzene rings is 6. The molecule has 0 unspecified atom stereocenters. The molecule has 358 valence electrons. The normalized spacial score (nSPS) is 23.9. The zero-order chi connectivity index (χ0) is 49.0. The van der Waals surface area contributed by atoms with Crippen molar-refractivity contribution >= 4 is 35.8 Å². The van der Waals surface area contributed by atoms with E-state index in [0.29, 0.717) is 0 Å². The summed E-state index contributed by atoms with van der Waals surface area (Å²) in [5.41, 5.74) is 0.455. The molecule has 0 radical (unpaired) electrons. The molecule has 6 aromatic rings. The zero-order valence-corrected chi connectivity index (χ0v) is 37.6. The van der Waals surface area contributed by atoms with Crippen molar-refractivity contribution in [2.45, 2.75) is 61.4 Å². The van der Waals surface area contributed by atoms with Crippen molar-refractivity contribution in [1.82, 2.24) is 0 Å². The van der Waals surface area contributed by atoms with Crippen molar-refractivity contribution in [3.63, 3.8) is 0 Å². The van der Waals surface area contributed by atoms with E-state index in [9.17, 15) is 28.8 Å². The monoisotopic (exact) mass is 950 g/mol. The molecule has 2 saturated heterocycles. The van der Waals surface area contributed by atoms with Gasteiger partial charge in [-0.3, -0.25) is 0 Å². The molecule has 2 heterocycles. The maximum atomic E-state index is 14.3. The lowest BCUT2D eigenvalue weighted by molar-refractivity contribution is -0.349. The Morgan fingerprint density at radius 3 is 0.671 bits per heavy atom. The van der Waals surface area contributed by atoms with Gasteiger partial charge >= 0.3 is 35.8 Å². The van der Waals surface area contributed by atoms with Crippen LogP contribution in [0.15, 0.2) is 182 Å². The zero-order valence-electron chi connectivity index (χ0n) is 37.6. The molecule has 0 saturated carbocycles. The average molecular weight is 951 g/mol. The van der Waals surface area contributed by atoms with Crippen molar-refractivity contribution in [3.8, 4) is 0 Å². The Labute approximate surface area is 401 Å². The molecule has 8 rings (SSSR count). The Hall–Kier alpha value is -8.02. The lowest BCUT2D eigenvalue weighted by atomic mass is 9.87. The Kier molecular flexibility index (Phi) is 15.8. The Balaban J connectivity index is 1.29. The summed E-state index contributed by atoms with van der Waals surface area (Å²) in [4.78, 5) is 85.0. The smallest absolute Gasteiger partial charge is 0.338 e. The molecule has 0 aliphatic carbocycles. The molecular weight excluding hydrogens is 905 g/mol. The van der Waals surface area contributed by atoms with Crippen LogP contribution in [0.3, 0.4) is 0 Å². The third kappa shape index (κ3) is 11.3. The van der Waals surface area contributed by atoms with Crippen LogP contribution in [0.2, 0.25) is 0 Å². The van der Waals surface area contributed by atoms with Crippen LogP contribution in [0.5, 0.6) is 0 Å². The Bertz CT molecular complexity index is 2520. The molecule has 6 aromatic carbocycles. The van der Waals surface area contributed by atoms with Gasteiger partial charge < -0.3 is 47.4 Å². The van der Waals surface area contributed by atoms with Gasteiger partial charge in [0.25, 0.3) is 0 Å². The van der Waals surface area contributed by atoms with Crippen molar-refractivity contribution < 1.29 is 76.1 Å². The molecule has 16 heteroatoms. The van der Waals surface area contributed by atoms with Crippen LogP contribution in [0.25, 0.3) is 0 Å². The number of ether oxygens (including phenoxy) is 10. The van der Waals surface area contributed by atoms with Gasteiger partial charge in [-0.25, -0.2) is 28.8 Å². The van der Waals surface area contributed by atoms with Gasteiger partial charge in [-0.2, -0.15) is 0 Å². The van der Waals surface area contributed by atoms with Crippen molar-refractivity contribution in [2.75, 3.05) is 14.2 Å². The summed E-state index contributed by atoms with van der Waals surface area (Å²) in [5, 5.41) is 0. The van der Waals surface area contributed by atoms with Crippen LogP contribution in [0, 0.1) is 0 Å². The number of carbonyl (C=O) groups excluding carboxylic acids is 6. The van der Waals surface area contributed by atoms with Gasteiger partial charge in [-0.1, -0.05) is 109 Å². The van der Waals surface area contributed by atoms with Crippen molar-refractivity contribution in [3.05, 3.63) is 215 Å². The molecule has 70 heavy (non-hydrogen) atoms. The summed E-state index contributed by atoms with van der Waals surface area (Å²) < 4.78 is 62.2. The molecule has 10 atom stereocenters. The lowest BCUT2D eigenvalue weighted by Gasteiger charge is -2.51. The minimum Gasteiger partial charge on any atom is -0.452 e. The van der Waals surface area contributed by atoms with Gasteiger partial charge in [0.15, 0.2) is 49.2 Å².